The van der Waals surface area contributed by atoms with Gasteiger partial charge in [-0.1, -0.05) is 18.6 Å². The third-order valence-electron chi connectivity index (χ3n) is 4.52. The van der Waals surface area contributed by atoms with Gasteiger partial charge < -0.3 is 9.52 Å². The number of hydrogen-bond acceptors (Lipinski definition) is 4. The van der Waals surface area contributed by atoms with Crippen molar-refractivity contribution in [1.82, 2.24) is 10.2 Å². The fourth-order valence-electron chi connectivity index (χ4n) is 3.52. The molecule has 1 aromatic carbocycles. The van der Waals surface area contributed by atoms with E-state index in [2.05, 4.69) is 10.2 Å². The van der Waals surface area contributed by atoms with Gasteiger partial charge in [-0.25, -0.2) is 4.79 Å². The van der Waals surface area contributed by atoms with Gasteiger partial charge in [-0.05, 0) is 36.8 Å². The first-order valence-electron chi connectivity index (χ1n) is 6.92. The van der Waals surface area contributed by atoms with Gasteiger partial charge in [-0.15, -0.1) is 10.2 Å². The fourth-order valence-corrected chi connectivity index (χ4v) is 3.52. The Morgan fingerprint density at radius 3 is 2.70 bits per heavy atom. The van der Waals surface area contributed by atoms with E-state index < -0.39 is 5.97 Å². The molecule has 2 fully saturated rings. The predicted octanol–water partition coefficient (Wildman–Crippen LogP) is 2.95. The van der Waals surface area contributed by atoms with E-state index in [0.717, 1.165) is 0 Å². The number of carboxylic acids is 1. The summed E-state index contributed by atoms with van der Waals surface area (Å²) in [6, 6.07) is 6.72. The van der Waals surface area contributed by atoms with Gasteiger partial charge in [0, 0.05) is 5.92 Å². The minimum atomic E-state index is -0.983. The third-order valence-corrected chi connectivity index (χ3v) is 4.52. The molecule has 0 aliphatic heterocycles. The average Bonchev–Trinajstić information content (AvgIpc) is 2.90. The van der Waals surface area contributed by atoms with Crippen LogP contribution in [0.25, 0.3) is 11.5 Å². The molecule has 0 amide bonds. The van der Waals surface area contributed by atoms with Crippen molar-refractivity contribution < 1.29 is 14.3 Å². The van der Waals surface area contributed by atoms with Gasteiger partial charge in [-0.3, -0.25) is 0 Å². The largest absolute Gasteiger partial charge is 0.478 e. The Balaban J connectivity index is 1.67. The number of carbonyl (C=O) groups is 1. The summed E-state index contributed by atoms with van der Waals surface area (Å²) < 4.78 is 5.74. The lowest BCUT2D eigenvalue weighted by Crippen LogP contribution is -1.99. The lowest BCUT2D eigenvalue weighted by atomic mass is 10.1. The molecule has 0 saturated heterocycles. The topological polar surface area (TPSA) is 76.2 Å². The molecule has 1 heterocycles. The van der Waals surface area contributed by atoms with Gasteiger partial charge in [0.05, 0.1) is 11.1 Å². The lowest BCUT2D eigenvalue weighted by molar-refractivity contribution is 0.0697. The van der Waals surface area contributed by atoms with Gasteiger partial charge in [0.1, 0.15) is 0 Å². The van der Waals surface area contributed by atoms with Crippen LogP contribution in [0.1, 0.15) is 41.4 Å². The van der Waals surface area contributed by atoms with Crippen molar-refractivity contribution in [3.8, 4) is 11.5 Å². The SMILES string of the molecule is O=C(O)c1ccccc1-c1nnc(C2C3CCCC32)o1. The molecule has 2 saturated carbocycles. The van der Waals surface area contributed by atoms with Gasteiger partial charge in [0.15, 0.2) is 0 Å². The van der Waals surface area contributed by atoms with Crippen LogP contribution in [-0.4, -0.2) is 21.3 Å². The second-order valence-electron chi connectivity index (χ2n) is 5.58. The second kappa shape index (κ2) is 4.16. The summed E-state index contributed by atoms with van der Waals surface area (Å²) in [5, 5.41) is 17.4. The highest BCUT2D eigenvalue weighted by Gasteiger charge is 2.56. The number of aromatic nitrogens is 2. The normalized spacial score (nSPS) is 27.3. The highest BCUT2D eigenvalue weighted by molar-refractivity contribution is 5.94. The fraction of sp³-hybridized carbons (Fsp3) is 0.400. The van der Waals surface area contributed by atoms with Crippen LogP contribution in [0, 0.1) is 11.8 Å². The molecule has 2 aromatic rings. The zero-order valence-corrected chi connectivity index (χ0v) is 10.8. The van der Waals surface area contributed by atoms with Crippen LogP contribution in [0.2, 0.25) is 0 Å². The summed E-state index contributed by atoms with van der Waals surface area (Å²) in [7, 11) is 0. The molecule has 4 rings (SSSR count). The van der Waals surface area contributed by atoms with E-state index in [4.69, 9.17) is 4.42 Å². The maximum Gasteiger partial charge on any atom is 0.336 e. The Morgan fingerprint density at radius 2 is 1.95 bits per heavy atom. The number of nitrogens with zero attached hydrogens (tertiary/aromatic N) is 2. The summed E-state index contributed by atoms with van der Waals surface area (Å²) >= 11 is 0. The maximum absolute atomic E-state index is 11.2. The number of rotatable bonds is 3. The summed E-state index contributed by atoms with van der Waals surface area (Å²) in [6.45, 7) is 0. The van der Waals surface area contributed by atoms with Crippen LogP contribution in [0.5, 0.6) is 0 Å². The number of fused-ring (bicyclic) bond motifs is 1. The van der Waals surface area contributed by atoms with Crippen LogP contribution >= 0.6 is 0 Å². The molecule has 2 atom stereocenters. The van der Waals surface area contributed by atoms with Crippen LogP contribution in [0.4, 0.5) is 0 Å². The van der Waals surface area contributed by atoms with Crippen molar-refractivity contribution >= 4 is 5.97 Å². The number of hydrogen-bond donors (Lipinski definition) is 1. The predicted molar refractivity (Wildman–Crippen MR) is 70.3 cm³/mol. The van der Waals surface area contributed by atoms with Crippen LogP contribution in [-0.2, 0) is 0 Å². The molecule has 5 heteroatoms. The molecule has 0 bridgehead atoms. The Morgan fingerprint density at radius 1 is 1.20 bits per heavy atom. The molecular weight excluding hydrogens is 256 g/mol. The smallest absolute Gasteiger partial charge is 0.336 e. The Kier molecular flexibility index (Phi) is 2.42. The first-order chi connectivity index (χ1) is 9.75. The Hall–Kier alpha value is -2.17. The van der Waals surface area contributed by atoms with E-state index >= 15 is 0 Å². The van der Waals surface area contributed by atoms with E-state index in [-0.39, 0.29) is 5.56 Å². The molecule has 0 radical (unpaired) electrons. The molecule has 1 N–H and O–H groups in total. The molecule has 2 aliphatic carbocycles. The van der Waals surface area contributed by atoms with Crippen molar-refractivity contribution in [3.63, 3.8) is 0 Å². The molecule has 0 spiro atoms. The van der Waals surface area contributed by atoms with Gasteiger partial charge >= 0.3 is 5.97 Å². The molecule has 1 aromatic heterocycles. The van der Waals surface area contributed by atoms with Crippen molar-refractivity contribution in [2.75, 3.05) is 0 Å². The van der Waals surface area contributed by atoms with Crippen molar-refractivity contribution in [1.29, 1.82) is 0 Å². The highest BCUT2D eigenvalue weighted by Crippen LogP contribution is 2.62. The number of benzene rings is 1. The van der Waals surface area contributed by atoms with Gasteiger partial charge in [-0.2, -0.15) is 0 Å². The van der Waals surface area contributed by atoms with Crippen molar-refractivity contribution in [3.05, 3.63) is 35.7 Å². The number of aromatic carboxylic acids is 1. The zero-order chi connectivity index (χ0) is 13.7. The van der Waals surface area contributed by atoms with E-state index in [1.807, 2.05) is 0 Å². The summed E-state index contributed by atoms with van der Waals surface area (Å²) in [4.78, 5) is 11.2. The van der Waals surface area contributed by atoms with Crippen LogP contribution < -0.4 is 0 Å². The average molecular weight is 270 g/mol. The highest BCUT2D eigenvalue weighted by atomic mass is 16.4. The van der Waals surface area contributed by atoms with Crippen LogP contribution in [0.3, 0.4) is 0 Å². The third kappa shape index (κ3) is 1.66. The molecule has 102 valence electrons. The van der Waals surface area contributed by atoms with E-state index in [0.29, 0.717) is 35.1 Å². The summed E-state index contributed by atoms with van der Waals surface area (Å²) in [6.07, 6.45) is 3.80. The van der Waals surface area contributed by atoms with Gasteiger partial charge in [0.25, 0.3) is 0 Å². The summed E-state index contributed by atoms with van der Waals surface area (Å²) in [5.41, 5.74) is 0.684. The molecular formula is C15H14N2O3. The van der Waals surface area contributed by atoms with Crippen molar-refractivity contribution in [2.24, 2.45) is 11.8 Å². The molecule has 20 heavy (non-hydrogen) atoms. The maximum atomic E-state index is 11.2. The zero-order valence-electron chi connectivity index (χ0n) is 10.8. The molecule has 2 unspecified atom stereocenters. The van der Waals surface area contributed by atoms with Crippen molar-refractivity contribution in [2.45, 2.75) is 25.2 Å². The minimum absolute atomic E-state index is 0.193. The monoisotopic (exact) mass is 270 g/mol. The molecule has 2 aliphatic rings. The van der Waals surface area contributed by atoms with E-state index in [1.165, 1.54) is 19.3 Å². The Bertz CT molecular complexity index is 669. The summed E-state index contributed by atoms with van der Waals surface area (Å²) in [5.74, 6) is 1.82. The lowest BCUT2D eigenvalue weighted by Gasteiger charge is -2.00. The second-order valence-corrected chi connectivity index (χ2v) is 5.58. The van der Waals surface area contributed by atoms with E-state index in [9.17, 15) is 9.90 Å². The quantitative estimate of drug-likeness (QED) is 0.927. The first-order valence-corrected chi connectivity index (χ1v) is 6.92. The van der Waals surface area contributed by atoms with E-state index in [1.54, 1.807) is 24.3 Å². The van der Waals surface area contributed by atoms with Gasteiger partial charge in [0.2, 0.25) is 11.8 Å². The standard InChI is InChI=1S/C15H14N2O3/c18-15(19)11-5-2-1-4-10(11)13-16-17-14(20-13)12-8-6-3-7-9(8)12/h1-2,4-5,8-9,12H,3,6-7H2,(H,18,19). The molecule has 5 nitrogen and oxygen atoms in total. The minimum Gasteiger partial charge on any atom is -0.478 e. The number of carboxylic acid groups (broad SMARTS) is 1. The van der Waals surface area contributed by atoms with Crippen LogP contribution in [0.15, 0.2) is 28.7 Å². The first kappa shape index (κ1) is 11.6. The Labute approximate surface area is 115 Å².